The lowest BCUT2D eigenvalue weighted by Gasteiger charge is -2.48. The zero-order chi connectivity index (χ0) is 23.7. The van der Waals surface area contributed by atoms with Crippen LogP contribution in [0.15, 0.2) is 72.8 Å². The van der Waals surface area contributed by atoms with Gasteiger partial charge in [0.15, 0.2) is 0 Å². The summed E-state index contributed by atoms with van der Waals surface area (Å²) >= 11 is 5.97. The van der Waals surface area contributed by atoms with Gasteiger partial charge in [0, 0.05) is 36.3 Å². The SMILES string of the molecule is CC1CC2(CCC(=O)N2c2cccc(F)c2)CCN1Cc1cccc(Oc2ccc(Cl)cc2)c1. The normalized spacial score (nSPS) is 23.0. The largest absolute Gasteiger partial charge is 0.457 e. The molecule has 1 amide bonds. The van der Waals surface area contributed by atoms with Gasteiger partial charge < -0.3 is 9.64 Å². The first-order chi connectivity index (χ1) is 16.4. The van der Waals surface area contributed by atoms with Gasteiger partial charge >= 0.3 is 0 Å². The minimum absolute atomic E-state index is 0.0956. The standard InChI is InChI=1S/C28H28ClFN2O2/c1-20-18-28(13-12-27(33)32(28)24-6-3-5-23(30)17-24)14-15-31(20)19-21-4-2-7-26(16-21)34-25-10-8-22(29)9-11-25/h2-11,16-17,20H,12-15,18-19H2,1H3. The molecule has 0 aromatic heterocycles. The summed E-state index contributed by atoms with van der Waals surface area (Å²) in [5.74, 6) is 1.33. The smallest absolute Gasteiger partial charge is 0.227 e. The van der Waals surface area contributed by atoms with Crippen molar-refractivity contribution >= 4 is 23.2 Å². The topological polar surface area (TPSA) is 32.8 Å². The van der Waals surface area contributed by atoms with E-state index in [9.17, 15) is 9.18 Å². The number of carbonyl (C=O) groups is 1. The van der Waals surface area contributed by atoms with Gasteiger partial charge in [0.1, 0.15) is 17.3 Å². The molecule has 34 heavy (non-hydrogen) atoms. The molecular formula is C28H28ClFN2O2. The first kappa shape index (κ1) is 22.9. The van der Waals surface area contributed by atoms with E-state index in [1.165, 1.54) is 17.7 Å². The maximum atomic E-state index is 13.9. The molecule has 3 aromatic carbocycles. The number of likely N-dealkylation sites (tertiary alicyclic amines) is 1. The van der Waals surface area contributed by atoms with Crippen molar-refractivity contribution in [2.24, 2.45) is 0 Å². The van der Waals surface area contributed by atoms with E-state index in [0.717, 1.165) is 43.9 Å². The molecule has 6 heteroatoms. The summed E-state index contributed by atoms with van der Waals surface area (Å²) in [5.41, 5.74) is 1.62. The van der Waals surface area contributed by atoms with Gasteiger partial charge in [-0.05, 0) is 86.3 Å². The second kappa shape index (κ2) is 9.40. The van der Waals surface area contributed by atoms with Crippen molar-refractivity contribution in [2.75, 3.05) is 11.4 Å². The molecule has 3 aromatic rings. The Balaban J connectivity index is 1.28. The van der Waals surface area contributed by atoms with Crippen LogP contribution in [-0.2, 0) is 11.3 Å². The molecule has 0 N–H and O–H groups in total. The van der Waals surface area contributed by atoms with Crippen LogP contribution in [0.5, 0.6) is 11.5 Å². The van der Waals surface area contributed by atoms with E-state index in [4.69, 9.17) is 16.3 Å². The number of ether oxygens (including phenoxy) is 1. The summed E-state index contributed by atoms with van der Waals surface area (Å²) in [6, 6.07) is 22.2. The number of nitrogens with zero attached hydrogens (tertiary/aromatic N) is 2. The molecule has 176 valence electrons. The lowest BCUT2D eigenvalue weighted by molar-refractivity contribution is -0.117. The number of benzene rings is 3. The molecule has 0 radical (unpaired) electrons. The van der Waals surface area contributed by atoms with Crippen LogP contribution in [0.4, 0.5) is 10.1 Å². The van der Waals surface area contributed by atoms with Crippen LogP contribution in [0.2, 0.25) is 5.02 Å². The van der Waals surface area contributed by atoms with Crippen LogP contribution in [0.25, 0.3) is 0 Å². The molecule has 2 atom stereocenters. The highest BCUT2D eigenvalue weighted by atomic mass is 35.5. The Hall–Kier alpha value is -2.89. The average Bonchev–Trinajstić information content (AvgIpc) is 3.13. The predicted molar refractivity (Wildman–Crippen MR) is 133 cm³/mol. The Labute approximate surface area is 204 Å². The minimum Gasteiger partial charge on any atom is -0.457 e. The third kappa shape index (κ3) is 4.68. The van der Waals surface area contributed by atoms with Gasteiger partial charge in [0.2, 0.25) is 5.91 Å². The van der Waals surface area contributed by atoms with Crippen LogP contribution in [0, 0.1) is 5.82 Å². The molecule has 2 saturated heterocycles. The lowest BCUT2D eigenvalue weighted by atomic mass is 9.81. The molecule has 2 aliphatic heterocycles. The summed E-state index contributed by atoms with van der Waals surface area (Å²) in [6.07, 6.45) is 3.09. The van der Waals surface area contributed by atoms with Crippen molar-refractivity contribution in [1.82, 2.24) is 4.90 Å². The van der Waals surface area contributed by atoms with Crippen LogP contribution < -0.4 is 9.64 Å². The van der Waals surface area contributed by atoms with Crippen LogP contribution in [-0.4, -0.2) is 28.9 Å². The number of rotatable bonds is 5. The Morgan fingerprint density at radius 3 is 2.59 bits per heavy atom. The van der Waals surface area contributed by atoms with Crippen LogP contribution in [0.3, 0.4) is 0 Å². The highest BCUT2D eigenvalue weighted by molar-refractivity contribution is 6.30. The molecule has 2 heterocycles. The quantitative estimate of drug-likeness (QED) is 0.403. The minimum atomic E-state index is -0.307. The second-order valence-electron chi connectivity index (χ2n) is 9.41. The number of hydrogen-bond acceptors (Lipinski definition) is 3. The summed E-state index contributed by atoms with van der Waals surface area (Å²) in [6.45, 7) is 3.91. The van der Waals surface area contributed by atoms with Crippen molar-refractivity contribution < 1.29 is 13.9 Å². The molecule has 5 rings (SSSR count). The molecule has 2 fully saturated rings. The molecular weight excluding hydrogens is 451 g/mol. The van der Waals surface area contributed by atoms with E-state index in [1.807, 2.05) is 47.4 Å². The van der Waals surface area contributed by atoms with Gasteiger partial charge in [0.25, 0.3) is 0 Å². The van der Waals surface area contributed by atoms with Crippen molar-refractivity contribution in [3.05, 3.63) is 89.2 Å². The fraction of sp³-hybridized carbons (Fsp3) is 0.321. The molecule has 4 nitrogen and oxygen atoms in total. The Morgan fingerprint density at radius 2 is 1.82 bits per heavy atom. The van der Waals surface area contributed by atoms with Gasteiger partial charge in [-0.2, -0.15) is 0 Å². The molecule has 0 saturated carbocycles. The van der Waals surface area contributed by atoms with Crippen molar-refractivity contribution in [1.29, 1.82) is 0 Å². The maximum Gasteiger partial charge on any atom is 0.227 e. The summed E-state index contributed by atoms with van der Waals surface area (Å²) in [5, 5.41) is 0.679. The summed E-state index contributed by atoms with van der Waals surface area (Å²) in [7, 11) is 0. The fourth-order valence-corrected chi connectivity index (χ4v) is 5.59. The molecule has 0 aliphatic carbocycles. The first-order valence-electron chi connectivity index (χ1n) is 11.8. The van der Waals surface area contributed by atoms with E-state index in [1.54, 1.807) is 6.07 Å². The van der Waals surface area contributed by atoms with Crippen molar-refractivity contribution in [3.63, 3.8) is 0 Å². The van der Waals surface area contributed by atoms with Gasteiger partial charge in [0.05, 0.1) is 5.54 Å². The molecule has 0 bridgehead atoms. The fourth-order valence-electron chi connectivity index (χ4n) is 5.46. The Kier molecular flexibility index (Phi) is 6.32. The van der Waals surface area contributed by atoms with E-state index in [2.05, 4.69) is 24.0 Å². The van der Waals surface area contributed by atoms with E-state index < -0.39 is 0 Å². The van der Waals surface area contributed by atoms with Crippen molar-refractivity contribution in [3.8, 4) is 11.5 Å². The summed E-state index contributed by atoms with van der Waals surface area (Å²) in [4.78, 5) is 17.2. The zero-order valence-corrected chi connectivity index (χ0v) is 20.0. The van der Waals surface area contributed by atoms with Crippen molar-refractivity contribution in [2.45, 2.75) is 50.7 Å². The zero-order valence-electron chi connectivity index (χ0n) is 19.2. The Morgan fingerprint density at radius 1 is 1.03 bits per heavy atom. The molecule has 1 spiro atoms. The number of halogens is 2. The molecule has 2 aliphatic rings. The van der Waals surface area contributed by atoms with Gasteiger partial charge in [-0.3, -0.25) is 9.69 Å². The number of amides is 1. The number of anilines is 1. The highest BCUT2D eigenvalue weighted by Gasteiger charge is 2.49. The van der Waals surface area contributed by atoms with Gasteiger partial charge in [-0.25, -0.2) is 4.39 Å². The average molecular weight is 479 g/mol. The van der Waals surface area contributed by atoms with Crippen LogP contribution >= 0.6 is 11.6 Å². The van der Waals surface area contributed by atoms with Crippen LogP contribution in [0.1, 0.15) is 38.2 Å². The monoisotopic (exact) mass is 478 g/mol. The lowest BCUT2D eigenvalue weighted by Crippen LogP contribution is -2.56. The molecule has 2 unspecified atom stereocenters. The van der Waals surface area contributed by atoms with E-state index in [-0.39, 0.29) is 23.3 Å². The predicted octanol–water partition coefficient (Wildman–Crippen LogP) is 6.82. The summed E-state index contributed by atoms with van der Waals surface area (Å²) < 4.78 is 19.9. The Bertz CT molecular complexity index is 1190. The number of carbonyl (C=O) groups excluding carboxylic acids is 1. The number of hydrogen-bond donors (Lipinski definition) is 0. The van der Waals surface area contributed by atoms with E-state index in [0.29, 0.717) is 17.1 Å². The second-order valence-corrected chi connectivity index (χ2v) is 9.85. The maximum absolute atomic E-state index is 13.9. The highest BCUT2D eigenvalue weighted by Crippen LogP contribution is 2.44. The van der Waals surface area contributed by atoms with Gasteiger partial charge in [-0.1, -0.05) is 29.8 Å². The third-order valence-corrected chi connectivity index (χ3v) is 7.34. The van der Waals surface area contributed by atoms with Gasteiger partial charge in [-0.15, -0.1) is 0 Å². The third-order valence-electron chi connectivity index (χ3n) is 7.09. The first-order valence-corrected chi connectivity index (χ1v) is 12.1. The van der Waals surface area contributed by atoms with E-state index >= 15 is 0 Å². The number of piperidine rings is 1.